The van der Waals surface area contributed by atoms with Crippen LogP contribution in [0, 0.1) is 18.8 Å². The summed E-state index contributed by atoms with van der Waals surface area (Å²) >= 11 is 0. The third-order valence-corrected chi connectivity index (χ3v) is 9.51. The van der Waals surface area contributed by atoms with Gasteiger partial charge < -0.3 is 14.1 Å². The fraction of sp³-hybridized carbons (Fsp3) is 0.600. The predicted molar refractivity (Wildman–Crippen MR) is 138 cm³/mol. The van der Waals surface area contributed by atoms with Crippen molar-refractivity contribution in [2.75, 3.05) is 26.2 Å². The predicted octanol–water partition coefficient (Wildman–Crippen LogP) is 4.39. The lowest BCUT2D eigenvalue weighted by atomic mass is 9.68. The maximum absolute atomic E-state index is 13.7. The second kappa shape index (κ2) is 8.76. The fourth-order valence-corrected chi connectivity index (χ4v) is 8.09. The Morgan fingerprint density at radius 3 is 2.89 bits per heavy atom. The molecule has 0 radical (unpaired) electrons. The number of likely N-dealkylation sites (tertiary alicyclic amines) is 1. The third kappa shape index (κ3) is 3.63. The van der Waals surface area contributed by atoms with Crippen LogP contribution in [0.5, 0.6) is 5.75 Å². The zero-order chi connectivity index (χ0) is 24.4. The van der Waals surface area contributed by atoms with Gasteiger partial charge in [0.2, 0.25) is 0 Å². The number of nitrogens with zero attached hydrogens (tertiary/aromatic N) is 2. The van der Waals surface area contributed by atoms with Crippen LogP contribution in [-0.4, -0.2) is 54.0 Å². The number of hydrogen-bond donors (Lipinski definition) is 0. The van der Waals surface area contributed by atoms with Gasteiger partial charge in [-0.3, -0.25) is 9.69 Å². The first kappa shape index (κ1) is 22.6. The normalized spacial score (nSPS) is 29.4. The molecule has 3 saturated heterocycles. The average Bonchev–Trinajstić information content (AvgIpc) is 3.37. The standard InChI is InChI=1S/C30H36N2O4/c1-18-12-25(28-22-7-4-8-23(22)30(34)36-26(28)13-18)35-17-27(33)32-11-5-6-19-14-20-15-21(29(19)32)16-31-10-3-2-9-24(20)31/h12-14,20-21,24,29H,2-11,15-17H2,1H3/t20-,21+,24-,29-/m1/s1. The maximum atomic E-state index is 13.7. The van der Waals surface area contributed by atoms with Crippen molar-refractivity contribution in [2.45, 2.75) is 76.8 Å². The summed E-state index contributed by atoms with van der Waals surface area (Å²) in [5.41, 5.74) is 4.63. The molecule has 2 bridgehead atoms. The quantitative estimate of drug-likeness (QED) is 0.474. The van der Waals surface area contributed by atoms with Crippen molar-refractivity contribution in [2.24, 2.45) is 11.8 Å². The first-order valence-electron chi connectivity index (χ1n) is 14.0. The van der Waals surface area contributed by atoms with Crippen LogP contribution in [0.4, 0.5) is 0 Å². The van der Waals surface area contributed by atoms with E-state index in [1.165, 1.54) is 37.8 Å². The van der Waals surface area contributed by atoms with Gasteiger partial charge in [0.1, 0.15) is 11.3 Å². The number of aryl methyl sites for hydroxylation is 2. The Kier molecular flexibility index (Phi) is 5.49. The Hall–Kier alpha value is -2.60. The fourth-order valence-electron chi connectivity index (χ4n) is 8.09. The molecular formula is C30H36N2O4. The monoisotopic (exact) mass is 488 g/mol. The summed E-state index contributed by atoms with van der Waals surface area (Å²) in [5, 5.41) is 0.878. The van der Waals surface area contributed by atoms with Crippen molar-refractivity contribution in [3.8, 4) is 5.75 Å². The molecule has 2 aromatic rings. The Morgan fingerprint density at radius 2 is 1.97 bits per heavy atom. The number of hydrogen-bond acceptors (Lipinski definition) is 5. The van der Waals surface area contributed by atoms with Gasteiger partial charge in [0.05, 0.1) is 11.4 Å². The van der Waals surface area contributed by atoms with Crippen molar-refractivity contribution in [1.82, 2.24) is 9.80 Å². The smallest absolute Gasteiger partial charge is 0.339 e. The lowest BCUT2D eigenvalue weighted by molar-refractivity contribution is -0.138. The Morgan fingerprint density at radius 1 is 1.08 bits per heavy atom. The topological polar surface area (TPSA) is 63.0 Å². The molecule has 4 atom stereocenters. The Bertz CT molecular complexity index is 1310. The largest absolute Gasteiger partial charge is 0.483 e. The van der Waals surface area contributed by atoms with E-state index in [0.717, 1.165) is 67.3 Å². The number of piperidine rings is 3. The number of rotatable bonds is 3. The summed E-state index contributed by atoms with van der Waals surface area (Å²) in [6.45, 7) is 5.15. The van der Waals surface area contributed by atoms with Gasteiger partial charge >= 0.3 is 5.63 Å². The van der Waals surface area contributed by atoms with Crippen LogP contribution in [0.2, 0.25) is 0 Å². The van der Waals surface area contributed by atoms with Gasteiger partial charge in [0.25, 0.3) is 5.91 Å². The van der Waals surface area contributed by atoms with Crippen molar-refractivity contribution < 1.29 is 13.9 Å². The lowest BCUT2D eigenvalue weighted by Gasteiger charge is -2.54. The molecule has 0 saturated carbocycles. The molecule has 1 aromatic heterocycles. The van der Waals surface area contributed by atoms with Crippen LogP contribution in [0.1, 0.15) is 61.6 Å². The molecule has 0 spiro atoms. The van der Waals surface area contributed by atoms with Crippen molar-refractivity contribution >= 4 is 16.9 Å². The van der Waals surface area contributed by atoms with Gasteiger partial charge in [-0.25, -0.2) is 4.79 Å². The van der Waals surface area contributed by atoms with Crippen LogP contribution in [-0.2, 0) is 17.6 Å². The number of carbonyl (C=O) groups excluding carboxylic acids is 1. The van der Waals surface area contributed by atoms with Gasteiger partial charge in [0, 0.05) is 24.7 Å². The van der Waals surface area contributed by atoms with E-state index in [-0.39, 0.29) is 24.2 Å². The molecule has 6 heteroatoms. The highest BCUT2D eigenvalue weighted by Gasteiger charge is 2.46. The van der Waals surface area contributed by atoms with Crippen molar-refractivity contribution in [3.63, 3.8) is 0 Å². The highest BCUT2D eigenvalue weighted by molar-refractivity contribution is 5.89. The van der Waals surface area contributed by atoms with Gasteiger partial charge in [-0.15, -0.1) is 0 Å². The van der Waals surface area contributed by atoms with Crippen LogP contribution < -0.4 is 10.4 Å². The number of ether oxygens (including phenoxy) is 1. The molecule has 7 rings (SSSR count). The van der Waals surface area contributed by atoms with Crippen LogP contribution in [0.3, 0.4) is 0 Å². The van der Waals surface area contributed by atoms with E-state index in [1.54, 1.807) is 0 Å². The summed E-state index contributed by atoms with van der Waals surface area (Å²) < 4.78 is 11.9. The average molecular weight is 489 g/mol. The molecule has 5 aliphatic rings. The molecular weight excluding hydrogens is 452 g/mol. The van der Waals surface area contributed by atoms with Crippen LogP contribution >= 0.6 is 0 Å². The number of benzene rings is 1. The Labute approximate surface area is 212 Å². The molecule has 3 aliphatic heterocycles. The molecule has 1 aromatic carbocycles. The Balaban J connectivity index is 1.15. The minimum absolute atomic E-state index is 0.0265. The minimum Gasteiger partial charge on any atom is -0.483 e. The second-order valence-corrected chi connectivity index (χ2v) is 11.7. The van der Waals surface area contributed by atoms with Crippen molar-refractivity contribution in [3.05, 3.63) is 50.9 Å². The zero-order valence-electron chi connectivity index (χ0n) is 21.3. The molecule has 36 heavy (non-hydrogen) atoms. The summed E-state index contributed by atoms with van der Waals surface area (Å²) in [5.74, 6) is 1.95. The first-order chi connectivity index (χ1) is 17.6. The van der Waals surface area contributed by atoms with E-state index < -0.39 is 0 Å². The van der Waals surface area contributed by atoms with E-state index in [0.29, 0.717) is 29.2 Å². The van der Waals surface area contributed by atoms with Gasteiger partial charge in [-0.05, 0) is 99.9 Å². The molecule has 0 unspecified atom stereocenters. The molecule has 3 fully saturated rings. The summed E-state index contributed by atoms with van der Waals surface area (Å²) in [7, 11) is 0. The molecule has 1 amide bonds. The van der Waals surface area contributed by atoms with Crippen LogP contribution in [0.15, 0.2) is 33.0 Å². The molecule has 6 nitrogen and oxygen atoms in total. The highest BCUT2D eigenvalue weighted by Crippen LogP contribution is 2.45. The molecule has 4 heterocycles. The lowest BCUT2D eigenvalue weighted by Crippen LogP contribution is -2.60. The van der Waals surface area contributed by atoms with E-state index in [2.05, 4.69) is 15.9 Å². The van der Waals surface area contributed by atoms with Gasteiger partial charge in [-0.1, -0.05) is 18.1 Å². The number of carbonyl (C=O) groups is 1. The van der Waals surface area contributed by atoms with Crippen molar-refractivity contribution in [1.29, 1.82) is 0 Å². The maximum Gasteiger partial charge on any atom is 0.339 e. The first-order valence-corrected chi connectivity index (χ1v) is 14.0. The number of fused-ring (bicyclic) bond motifs is 9. The van der Waals surface area contributed by atoms with E-state index >= 15 is 0 Å². The highest BCUT2D eigenvalue weighted by atomic mass is 16.5. The molecule has 0 N–H and O–H groups in total. The van der Waals surface area contributed by atoms with Gasteiger partial charge in [0.15, 0.2) is 6.61 Å². The third-order valence-electron chi connectivity index (χ3n) is 9.51. The van der Waals surface area contributed by atoms with E-state index in [1.807, 2.05) is 19.1 Å². The van der Waals surface area contributed by atoms with Crippen LogP contribution in [0.25, 0.3) is 11.0 Å². The summed E-state index contributed by atoms with van der Waals surface area (Å²) in [6.07, 6.45) is 12.5. The number of amides is 1. The molecule has 2 aliphatic carbocycles. The zero-order valence-corrected chi connectivity index (χ0v) is 21.3. The second-order valence-electron chi connectivity index (χ2n) is 11.7. The summed E-state index contributed by atoms with van der Waals surface area (Å²) in [6, 6.07) is 4.83. The minimum atomic E-state index is -0.228. The van der Waals surface area contributed by atoms with Gasteiger partial charge in [-0.2, -0.15) is 0 Å². The summed E-state index contributed by atoms with van der Waals surface area (Å²) in [4.78, 5) is 31.0. The van der Waals surface area contributed by atoms with E-state index in [4.69, 9.17) is 9.15 Å². The van der Waals surface area contributed by atoms with E-state index in [9.17, 15) is 9.59 Å². The SMILES string of the molecule is Cc1cc(OCC(=O)N2CCCC3=C[C@@H]4C[C@@H](CN5CCCC[C@H]45)[C@@H]32)c2c3c(c(=O)oc2c1)CCC3. The molecule has 190 valence electrons.